The highest BCUT2D eigenvalue weighted by Gasteiger charge is 2.22. The minimum Gasteiger partial charge on any atom is -0.503 e. The lowest BCUT2D eigenvalue weighted by atomic mass is 9.95. The van der Waals surface area contributed by atoms with Gasteiger partial charge in [0.15, 0.2) is 17.4 Å². The molecule has 0 saturated carbocycles. The molecule has 7 heteroatoms. The third-order valence-corrected chi connectivity index (χ3v) is 5.08. The minimum absolute atomic E-state index is 0.319. The molecule has 3 N–H and O–H groups in total. The Hall–Kier alpha value is -3.58. The van der Waals surface area contributed by atoms with Crippen LogP contribution in [-0.2, 0) is 11.2 Å². The number of aliphatic hydroxyl groups is 1. The normalized spacial score (nSPS) is 12.2. The summed E-state index contributed by atoms with van der Waals surface area (Å²) in [6, 6.07) is 19.1. The number of nitrogens with one attached hydrogen (secondary N) is 1. The first-order valence-corrected chi connectivity index (χ1v) is 10.4. The Morgan fingerprint density at radius 1 is 0.970 bits per heavy atom. The Morgan fingerprint density at radius 2 is 1.58 bits per heavy atom. The van der Waals surface area contributed by atoms with Crippen LogP contribution in [0.25, 0.3) is 11.1 Å². The van der Waals surface area contributed by atoms with Gasteiger partial charge in [-0.1, -0.05) is 61.5 Å². The molecule has 0 spiro atoms. The molecule has 174 valence electrons. The van der Waals surface area contributed by atoms with Crippen LogP contribution in [0.2, 0.25) is 0 Å². The number of carbonyl (C=O) groups is 2. The lowest BCUT2D eigenvalue weighted by Gasteiger charge is -2.21. The van der Waals surface area contributed by atoms with E-state index in [9.17, 15) is 23.5 Å². The van der Waals surface area contributed by atoms with E-state index in [1.807, 2.05) is 54.6 Å². The van der Waals surface area contributed by atoms with Crippen LogP contribution in [-0.4, -0.2) is 35.6 Å². The molecule has 0 saturated heterocycles. The van der Waals surface area contributed by atoms with Gasteiger partial charge in [0, 0.05) is 19.1 Å². The van der Waals surface area contributed by atoms with Crippen LogP contribution in [0.15, 0.2) is 66.7 Å². The van der Waals surface area contributed by atoms with Crippen LogP contribution < -0.4 is 5.32 Å². The van der Waals surface area contributed by atoms with Gasteiger partial charge in [0.25, 0.3) is 5.91 Å². The summed E-state index contributed by atoms with van der Waals surface area (Å²) in [6.45, 7) is 1.73. The van der Waals surface area contributed by atoms with Crippen LogP contribution in [0.1, 0.15) is 29.3 Å². The lowest BCUT2D eigenvalue weighted by Crippen LogP contribution is -2.38. The molecule has 0 aliphatic rings. The average Bonchev–Trinajstić information content (AvgIpc) is 2.84. The quantitative estimate of drug-likeness (QED) is 0.436. The summed E-state index contributed by atoms with van der Waals surface area (Å²) in [7, 11) is 1.00. The topological polar surface area (TPSA) is 86.6 Å². The number of aldehydes is 1. The summed E-state index contributed by atoms with van der Waals surface area (Å²) in [5.41, 5.74) is 2.61. The number of halogens is 2. The largest absolute Gasteiger partial charge is 0.503 e. The van der Waals surface area contributed by atoms with Crippen molar-refractivity contribution in [1.82, 2.24) is 5.32 Å². The lowest BCUT2D eigenvalue weighted by molar-refractivity contribution is -0.111. The zero-order valence-electron chi connectivity index (χ0n) is 18.5. The highest BCUT2D eigenvalue weighted by molar-refractivity contribution is 5.95. The molecule has 5 nitrogen and oxygen atoms in total. The van der Waals surface area contributed by atoms with E-state index in [-0.39, 0.29) is 5.92 Å². The number of hydrogen-bond donors (Lipinski definition) is 3. The van der Waals surface area contributed by atoms with Crippen molar-refractivity contribution < 1.29 is 28.6 Å². The molecule has 0 aliphatic carbocycles. The first-order chi connectivity index (χ1) is 15.9. The SMILES string of the molecule is CO.C[C@@H](C=O)C[C@@H](Cc1ccc(-c2ccccc2)cc1)NC(=O)c1ccc(F)c(O)c1F. The smallest absolute Gasteiger partial charge is 0.254 e. The summed E-state index contributed by atoms with van der Waals surface area (Å²) < 4.78 is 27.4. The number of phenols is 1. The first kappa shape index (κ1) is 25.7. The van der Waals surface area contributed by atoms with Crippen molar-refractivity contribution in [1.29, 1.82) is 0 Å². The summed E-state index contributed by atoms with van der Waals surface area (Å²) in [4.78, 5) is 23.7. The molecule has 3 rings (SSSR count). The maximum atomic E-state index is 14.1. The molecule has 33 heavy (non-hydrogen) atoms. The molecule has 3 aromatic rings. The second-order valence-electron chi connectivity index (χ2n) is 7.54. The average molecular weight is 456 g/mol. The van der Waals surface area contributed by atoms with Gasteiger partial charge in [0.05, 0.1) is 5.56 Å². The van der Waals surface area contributed by atoms with Crippen LogP contribution in [0.4, 0.5) is 8.78 Å². The van der Waals surface area contributed by atoms with E-state index in [1.54, 1.807) is 6.92 Å². The predicted octanol–water partition coefficient (Wildman–Crippen LogP) is 4.51. The summed E-state index contributed by atoms with van der Waals surface area (Å²) in [6.07, 6.45) is 1.57. The zero-order valence-corrected chi connectivity index (χ0v) is 18.5. The van der Waals surface area contributed by atoms with Crippen molar-refractivity contribution in [3.63, 3.8) is 0 Å². The Labute approximate surface area is 191 Å². The van der Waals surface area contributed by atoms with Gasteiger partial charge in [-0.05, 0) is 41.7 Å². The molecule has 2 atom stereocenters. The molecule has 0 radical (unpaired) electrons. The number of hydrogen-bond acceptors (Lipinski definition) is 4. The van der Waals surface area contributed by atoms with E-state index in [4.69, 9.17) is 5.11 Å². The molecule has 1 amide bonds. The summed E-state index contributed by atoms with van der Waals surface area (Å²) >= 11 is 0. The van der Waals surface area contributed by atoms with Crippen molar-refractivity contribution in [2.24, 2.45) is 5.92 Å². The molecular weight excluding hydrogens is 428 g/mol. The maximum Gasteiger partial charge on any atom is 0.254 e. The molecule has 3 aromatic carbocycles. The Morgan fingerprint density at radius 3 is 2.18 bits per heavy atom. The third-order valence-electron chi connectivity index (χ3n) is 5.08. The van der Waals surface area contributed by atoms with Gasteiger partial charge in [-0.15, -0.1) is 0 Å². The highest BCUT2D eigenvalue weighted by atomic mass is 19.1. The second-order valence-corrected chi connectivity index (χ2v) is 7.54. The third kappa shape index (κ3) is 6.95. The first-order valence-electron chi connectivity index (χ1n) is 10.4. The van der Waals surface area contributed by atoms with Crippen molar-refractivity contribution in [3.8, 4) is 16.9 Å². The number of carbonyl (C=O) groups excluding carboxylic acids is 2. The second kappa shape index (κ2) is 12.5. The van der Waals surface area contributed by atoms with Crippen LogP contribution in [0.5, 0.6) is 5.75 Å². The Bertz CT molecular complexity index is 1060. The van der Waals surface area contributed by atoms with Crippen LogP contribution in [0, 0.1) is 17.6 Å². The molecule has 0 fully saturated rings. The van der Waals surface area contributed by atoms with Gasteiger partial charge in [-0.3, -0.25) is 4.79 Å². The van der Waals surface area contributed by atoms with Gasteiger partial charge in [0.2, 0.25) is 0 Å². The number of aliphatic hydroxyl groups excluding tert-OH is 1. The fourth-order valence-corrected chi connectivity index (χ4v) is 3.43. The predicted molar refractivity (Wildman–Crippen MR) is 123 cm³/mol. The van der Waals surface area contributed by atoms with Crippen molar-refractivity contribution in [3.05, 3.63) is 89.5 Å². The van der Waals surface area contributed by atoms with E-state index < -0.39 is 34.9 Å². The van der Waals surface area contributed by atoms with Gasteiger partial charge in [-0.25, -0.2) is 8.78 Å². The zero-order chi connectivity index (χ0) is 24.4. The maximum absolute atomic E-state index is 14.1. The summed E-state index contributed by atoms with van der Waals surface area (Å²) in [5, 5.41) is 19.1. The molecule has 0 aliphatic heterocycles. The molecule has 0 heterocycles. The van der Waals surface area contributed by atoms with Crippen LogP contribution >= 0.6 is 0 Å². The molecule has 0 aromatic heterocycles. The number of benzene rings is 3. The van der Waals surface area contributed by atoms with E-state index in [1.165, 1.54) is 0 Å². The van der Waals surface area contributed by atoms with Crippen molar-refractivity contribution in [2.45, 2.75) is 25.8 Å². The van der Waals surface area contributed by atoms with Gasteiger partial charge in [0.1, 0.15) is 6.29 Å². The number of amides is 1. The molecule has 0 unspecified atom stereocenters. The number of rotatable bonds is 8. The Kier molecular flexibility index (Phi) is 9.69. The molecular formula is C26H27F2NO4. The van der Waals surface area contributed by atoms with Crippen molar-refractivity contribution in [2.75, 3.05) is 7.11 Å². The van der Waals surface area contributed by atoms with Crippen LogP contribution in [0.3, 0.4) is 0 Å². The van der Waals surface area contributed by atoms with Gasteiger partial charge in [-0.2, -0.15) is 0 Å². The fourth-order valence-electron chi connectivity index (χ4n) is 3.43. The monoisotopic (exact) mass is 455 g/mol. The van der Waals surface area contributed by atoms with Gasteiger partial charge >= 0.3 is 0 Å². The van der Waals surface area contributed by atoms with Gasteiger partial charge < -0.3 is 20.3 Å². The number of aromatic hydroxyl groups is 1. The van der Waals surface area contributed by atoms with E-state index in [0.717, 1.165) is 42.2 Å². The van der Waals surface area contributed by atoms with E-state index in [2.05, 4.69) is 5.32 Å². The number of phenolic OH excluding ortho intramolecular Hbond substituents is 1. The fraction of sp³-hybridized carbons (Fsp3) is 0.231. The van der Waals surface area contributed by atoms with E-state index >= 15 is 0 Å². The minimum atomic E-state index is -1.31. The Balaban J connectivity index is 0.00000187. The highest BCUT2D eigenvalue weighted by Crippen LogP contribution is 2.24. The summed E-state index contributed by atoms with van der Waals surface area (Å²) in [5.74, 6) is -4.75. The standard InChI is InChI=1S/C25H23F2NO3.CH4O/c1-16(15-29)13-20(28-25(31)21-11-12-22(26)24(30)23(21)27)14-17-7-9-19(10-8-17)18-5-3-2-4-6-18;1-2/h2-12,15-16,20,30H,13-14H2,1H3,(H,28,31);2H,1H3/t16-,20+;/m1./s1. The van der Waals surface area contributed by atoms with Crippen molar-refractivity contribution >= 4 is 12.2 Å². The molecule has 0 bridgehead atoms. The van der Waals surface area contributed by atoms with E-state index in [0.29, 0.717) is 12.8 Å².